The predicted molar refractivity (Wildman–Crippen MR) is 223 cm³/mol. The van der Waals surface area contributed by atoms with Gasteiger partial charge in [-0.05, 0) is 106 Å². The molecule has 5 nitrogen and oxygen atoms in total. The summed E-state index contributed by atoms with van der Waals surface area (Å²) >= 11 is 0. The van der Waals surface area contributed by atoms with Gasteiger partial charge in [0.1, 0.15) is 5.82 Å². The zero-order valence-electron chi connectivity index (χ0n) is 29.6. The Balaban J connectivity index is 1.08. The number of rotatable bonds is 3. The highest BCUT2D eigenvalue weighted by Gasteiger charge is 2.51. The van der Waals surface area contributed by atoms with Gasteiger partial charge >= 0.3 is 0 Å². The van der Waals surface area contributed by atoms with Crippen molar-refractivity contribution in [2.75, 3.05) is 4.90 Å². The molecule has 10 aromatic rings. The molecule has 0 radical (unpaired) electrons. The van der Waals surface area contributed by atoms with Gasteiger partial charge in [0.15, 0.2) is 0 Å². The fourth-order valence-electron chi connectivity index (χ4n) is 9.55. The van der Waals surface area contributed by atoms with Gasteiger partial charge in [-0.3, -0.25) is 14.5 Å². The van der Waals surface area contributed by atoms with E-state index in [-0.39, 0.29) is 0 Å². The van der Waals surface area contributed by atoms with Crippen LogP contribution in [0.2, 0.25) is 0 Å². The van der Waals surface area contributed by atoms with E-state index in [1.54, 1.807) is 0 Å². The average molecular weight is 702 g/mol. The highest BCUT2D eigenvalue weighted by molar-refractivity contribution is 6.21. The van der Waals surface area contributed by atoms with E-state index in [1.807, 2.05) is 24.5 Å². The standard InChI is InChI=1S/C50H31N5/c1-2-14-33(15-3-1)55-48-38-19-13-31-52-46(38)45-37(18-12-30-51-45)47(48)53-49(55)32-26-28-34(29-27-32)54-43-24-10-8-22-41(43)50(42-23-9-11-25-44(42)54)39-20-6-4-16-35(39)36-17-5-7-21-40(36)50/h1-31H. The van der Waals surface area contributed by atoms with Crippen molar-refractivity contribution < 1.29 is 0 Å². The van der Waals surface area contributed by atoms with Crippen molar-refractivity contribution in [2.45, 2.75) is 5.41 Å². The summed E-state index contributed by atoms with van der Waals surface area (Å²) in [5.41, 5.74) is 16.5. The minimum absolute atomic E-state index is 0.438. The van der Waals surface area contributed by atoms with Crippen molar-refractivity contribution >= 4 is 49.9 Å². The summed E-state index contributed by atoms with van der Waals surface area (Å²) in [5.74, 6) is 0.867. The highest BCUT2D eigenvalue weighted by Crippen LogP contribution is 2.63. The maximum absolute atomic E-state index is 5.42. The first-order valence-electron chi connectivity index (χ1n) is 18.7. The Bertz CT molecular complexity index is 3070. The molecule has 3 aromatic heterocycles. The van der Waals surface area contributed by atoms with Gasteiger partial charge in [0.05, 0.1) is 38.9 Å². The zero-order valence-corrected chi connectivity index (χ0v) is 29.6. The zero-order chi connectivity index (χ0) is 36.1. The number of fused-ring (bicyclic) bond motifs is 15. The molecular weight excluding hydrogens is 671 g/mol. The van der Waals surface area contributed by atoms with Gasteiger partial charge in [-0.25, -0.2) is 4.98 Å². The first-order chi connectivity index (χ1) is 27.3. The first kappa shape index (κ1) is 30.1. The molecular formula is C50H31N5. The van der Waals surface area contributed by atoms with Crippen LogP contribution in [0.3, 0.4) is 0 Å². The molecule has 0 bridgehead atoms. The summed E-state index contributed by atoms with van der Waals surface area (Å²) in [5, 5.41) is 2.01. The van der Waals surface area contributed by atoms with E-state index >= 15 is 0 Å². The summed E-state index contributed by atoms with van der Waals surface area (Å²) in [6.45, 7) is 0. The Morgan fingerprint density at radius 2 is 0.927 bits per heavy atom. The molecule has 0 unspecified atom stereocenters. The van der Waals surface area contributed by atoms with Crippen LogP contribution < -0.4 is 4.90 Å². The quantitative estimate of drug-likeness (QED) is 0.172. The van der Waals surface area contributed by atoms with E-state index in [1.165, 1.54) is 44.8 Å². The molecule has 0 N–H and O–H groups in total. The second-order valence-electron chi connectivity index (χ2n) is 14.4. The van der Waals surface area contributed by atoms with Crippen molar-refractivity contribution in [3.05, 3.63) is 211 Å². The van der Waals surface area contributed by atoms with E-state index < -0.39 is 5.41 Å². The van der Waals surface area contributed by atoms with Crippen LogP contribution in [0.25, 0.3) is 61.0 Å². The molecule has 4 heterocycles. The molecule has 0 atom stereocenters. The third-order valence-electron chi connectivity index (χ3n) is 11.7. The SMILES string of the molecule is c1ccc(-n2c(-c3ccc(N4c5ccccc5C5(c6ccccc6-c6ccccc65)c5ccccc54)cc3)nc3c4cccnc4c4ncccc4c32)cc1. The Labute approximate surface area is 317 Å². The molecule has 2 aliphatic rings. The number of pyridine rings is 2. The molecule has 1 aliphatic carbocycles. The van der Waals surface area contributed by atoms with E-state index in [4.69, 9.17) is 15.0 Å². The van der Waals surface area contributed by atoms with Gasteiger partial charge < -0.3 is 4.90 Å². The molecule has 12 rings (SSSR count). The number of para-hydroxylation sites is 3. The summed E-state index contributed by atoms with van der Waals surface area (Å²) in [4.78, 5) is 17.5. The Hall–Kier alpha value is -7.37. The minimum Gasteiger partial charge on any atom is -0.310 e. The molecule has 0 fully saturated rings. The number of anilines is 3. The van der Waals surface area contributed by atoms with Gasteiger partial charge in [0.25, 0.3) is 0 Å². The number of hydrogen-bond donors (Lipinski definition) is 0. The summed E-state index contributed by atoms with van der Waals surface area (Å²) in [6.07, 6.45) is 3.67. The van der Waals surface area contributed by atoms with Crippen LogP contribution >= 0.6 is 0 Å². The Morgan fingerprint density at radius 1 is 0.400 bits per heavy atom. The van der Waals surface area contributed by atoms with Crippen molar-refractivity contribution in [3.63, 3.8) is 0 Å². The second-order valence-corrected chi connectivity index (χ2v) is 14.4. The lowest BCUT2D eigenvalue weighted by Gasteiger charge is -2.45. The molecule has 5 heteroatoms. The van der Waals surface area contributed by atoms with Crippen molar-refractivity contribution in [1.82, 2.24) is 19.5 Å². The third-order valence-corrected chi connectivity index (χ3v) is 11.7. The maximum Gasteiger partial charge on any atom is 0.145 e. The molecule has 1 aliphatic heterocycles. The van der Waals surface area contributed by atoms with E-state index in [2.05, 4.69) is 173 Å². The lowest BCUT2D eigenvalue weighted by Crippen LogP contribution is -2.36. The number of hydrogen-bond acceptors (Lipinski definition) is 4. The fraction of sp³-hybridized carbons (Fsp3) is 0.0200. The van der Waals surface area contributed by atoms with Crippen LogP contribution in [0.4, 0.5) is 17.1 Å². The molecule has 0 amide bonds. The normalized spacial score (nSPS) is 13.6. The number of nitrogens with zero attached hydrogens (tertiary/aromatic N) is 5. The van der Waals surface area contributed by atoms with Crippen LogP contribution in [-0.2, 0) is 5.41 Å². The maximum atomic E-state index is 5.42. The molecule has 7 aromatic carbocycles. The lowest BCUT2D eigenvalue weighted by molar-refractivity contribution is 0.752. The summed E-state index contributed by atoms with van der Waals surface area (Å²) in [6, 6.07) is 63.4. The number of benzene rings is 7. The van der Waals surface area contributed by atoms with Gasteiger partial charge in [0.2, 0.25) is 0 Å². The van der Waals surface area contributed by atoms with Crippen LogP contribution in [0.1, 0.15) is 22.3 Å². The van der Waals surface area contributed by atoms with Crippen LogP contribution in [-0.4, -0.2) is 19.5 Å². The predicted octanol–water partition coefficient (Wildman–Crippen LogP) is 11.9. The first-order valence-corrected chi connectivity index (χ1v) is 18.7. The average Bonchev–Trinajstić information content (AvgIpc) is 3.81. The Morgan fingerprint density at radius 3 is 1.56 bits per heavy atom. The number of aromatic nitrogens is 4. The lowest BCUT2D eigenvalue weighted by atomic mass is 9.64. The van der Waals surface area contributed by atoms with Crippen LogP contribution in [0.5, 0.6) is 0 Å². The van der Waals surface area contributed by atoms with Crippen LogP contribution in [0, 0.1) is 0 Å². The van der Waals surface area contributed by atoms with Crippen molar-refractivity contribution in [1.29, 1.82) is 0 Å². The second kappa shape index (κ2) is 11.3. The van der Waals surface area contributed by atoms with E-state index in [0.717, 1.165) is 55.6 Å². The minimum atomic E-state index is -0.438. The third kappa shape index (κ3) is 3.99. The topological polar surface area (TPSA) is 46.8 Å². The number of imidazole rings is 1. The molecule has 1 spiro atoms. The monoisotopic (exact) mass is 701 g/mol. The van der Waals surface area contributed by atoms with Crippen molar-refractivity contribution in [3.8, 4) is 28.2 Å². The smallest absolute Gasteiger partial charge is 0.145 e. The van der Waals surface area contributed by atoms with Gasteiger partial charge in [-0.1, -0.05) is 103 Å². The fourth-order valence-corrected chi connectivity index (χ4v) is 9.55. The largest absolute Gasteiger partial charge is 0.310 e. The van der Waals surface area contributed by atoms with Crippen molar-refractivity contribution in [2.24, 2.45) is 0 Å². The molecule has 55 heavy (non-hydrogen) atoms. The molecule has 0 saturated heterocycles. The molecule has 256 valence electrons. The highest BCUT2D eigenvalue weighted by atomic mass is 15.2. The van der Waals surface area contributed by atoms with E-state index in [0.29, 0.717) is 0 Å². The summed E-state index contributed by atoms with van der Waals surface area (Å²) < 4.78 is 2.28. The van der Waals surface area contributed by atoms with E-state index in [9.17, 15) is 0 Å². The van der Waals surface area contributed by atoms with Gasteiger partial charge in [-0.2, -0.15) is 0 Å². The summed E-state index contributed by atoms with van der Waals surface area (Å²) in [7, 11) is 0. The molecule has 0 saturated carbocycles. The Kier molecular flexibility index (Phi) is 6.20. The van der Waals surface area contributed by atoms with Gasteiger partial charge in [0, 0.05) is 40.1 Å². The van der Waals surface area contributed by atoms with Crippen LogP contribution in [0.15, 0.2) is 188 Å². The van der Waals surface area contributed by atoms with Gasteiger partial charge in [-0.15, -0.1) is 0 Å².